The number of hydrogen-bond acceptors (Lipinski definition) is 2. The maximum Gasteiger partial charge on any atom is 0.0568 e. The fourth-order valence-corrected chi connectivity index (χ4v) is 1.61. The summed E-state index contributed by atoms with van der Waals surface area (Å²) in [5, 5.41) is 9.41. The van der Waals surface area contributed by atoms with E-state index in [9.17, 15) is 5.11 Å². The van der Waals surface area contributed by atoms with Gasteiger partial charge in [-0.2, -0.15) is 11.8 Å². The van der Waals surface area contributed by atoms with Gasteiger partial charge in [0.05, 0.1) is 6.10 Å². The van der Waals surface area contributed by atoms with Crippen LogP contribution >= 0.6 is 11.8 Å². The molecule has 1 atom stereocenters. The first kappa shape index (κ1) is 8.41. The van der Waals surface area contributed by atoms with Crippen molar-refractivity contribution >= 4 is 11.8 Å². The zero-order valence-electron chi connectivity index (χ0n) is 6.55. The molecule has 1 rings (SSSR count). The van der Waals surface area contributed by atoms with Crippen LogP contribution in [0.3, 0.4) is 0 Å². The first-order valence-corrected chi connectivity index (χ1v) is 5.41. The normalized spacial score (nSPS) is 21.0. The molecule has 60 valence electrons. The molecule has 0 saturated heterocycles. The highest BCUT2D eigenvalue weighted by Gasteiger charge is 2.28. The lowest BCUT2D eigenvalue weighted by atomic mass is 10.1. The summed E-state index contributed by atoms with van der Waals surface area (Å²) in [5.41, 5.74) is 0. The van der Waals surface area contributed by atoms with Crippen molar-refractivity contribution in [2.75, 3.05) is 12.0 Å². The second kappa shape index (κ2) is 4.24. The monoisotopic (exact) mass is 160 g/mol. The summed E-state index contributed by atoms with van der Waals surface area (Å²) in [6, 6.07) is 0. The van der Waals surface area contributed by atoms with Crippen LogP contribution in [0.4, 0.5) is 0 Å². The van der Waals surface area contributed by atoms with Crippen LogP contribution in [0.5, 0.6) is 0 Å². The lowest BCUT2D eigenvalue weighted by Crippen LogP contribution is -2.08. The molecule has 10 heavy (non-hydrogen) atoms. The molecule has 1 saturated carbocycles. The number of thioether (sulfide) groups is 1. The summed E-state index contributed by atoms with van der Waals surface area (Å²) in [4.78, 5) is 0. The Labute approximate surface area is 67.2 Å². The average molecular weight is 160 g/mol. The molecule has 0 aromatic heterocycles. The summed E-state index contributed by atoms with van der Waals surface area (Å²) < 4.78 is 0. The molecule has 0 radical (unpaired) electrons. The van der Waals surface area contributed by atoms with E-state index >= 15 is 0 Å². The van der Waals surface area contributed by atoms with Crippen LogP contribution < -0.4 is 0 Å². The van der Waals surface area contributed by atoms with E-state index in [4.69, 9.17) is 0 Å². The summed E-state index contributed by atoms with van der Waals surface area (Å²) in [6.45, 7) is 0. The van der Waals surface area contributed by atoms with Crippen molar-refractivity contribution in [2.45, 2.75) is 31.8 Å². The molecule has 0 bridgehead atoms. The van der Waals surface area contributed by atoms with Crippen molar-refractivity contribution in [1.82, 2.24) is 0 Å². The lowest BCUT2D eigenvalue weighted by Gasteiger charge is -2.06. The Balaban J connectivity index is 1.90. The second-order valence-corrected chi connectivity index (χ2v) is 4.03. The molecule has 1 aliphatic carbocycles. The van der Waals surface area contributed by atoms with Gasteiger partial charge in [0.15, 0.2) is 0 Å². The van der Waals surface area contributed by atoms with Gasteiger partial charge in [-0.25, -0.2) is 0 Å². The summed E-state index contributed by atoms with van der Waals surface area (Å²) in [6.07, 6.45) is 6.86. The average Bonchev–Trinajstić information content (AvgIpc) is 2.69. The molecule has 1 N–H and O–H groups in total. The van der Waals surface area contributed by atoms with E-state index in [-0.39, 0.29) is 6.10 Å². The van der Waals surface area contributed by atoms with Gasteiger partial charge in [0.1, 0.15) is 0 Å². The van der Waals surface area contributed by atoms with Gasteiger partial charge in [-0.3, -0.25) is 0 Å². The number of rotatable bonds is 5. The Bertz CT molecular complexity index is 91.3. The Morgan fingerprint density at radius 1 is 1.60 bits per heavy atom. The standard InChI is InChI=1S/C8H16OS/c1-10-6-2-3-8(9)7-4-5-7/h7-9H,2-6H2,1H3. The zero-order valence-corrected chi connectivity index (χ0v) is 7.36. The van der Waals surface area contributed by atoms with Crippen LogP contribution in [-0.2, 0) is 0 Å². The van der Waals surface area contributed by atoms with Gasteiger partial charge in [-0.15, -0.1) is 0 Å². The van der Waals surface area contributed by atoms with Crippen LogP contribution in [0.25, 0.3) is 0 Å². The van der Waals surface area contributed by atoms with Crippen molar-refractivity contribution in [3.63, 3.8) is 0 Å². The van der Waals surface area contributed by atoms with E-state index < -0.39 is 0 Å². The van der Waals surface area contributed by atoms with Crippen LogP contribution in [-0.4, -0.2) is 23.2 Å². The van der Waals surface area contributed by atoms with E-state index in [2.05, 4.69) is 6.26 Å². The summed E-state index contributed by atoms with van der Waals surface area (Å²) >= 11 is 1.86. The zero-order chi connectivity index (χ0) is 7.40. The number of aliphatic hydroxyl groups is 1. The number of hydrogen-bond donors (Lipinski definition) is 1. The van der Waals surface area contributed by atoms with Gasteiger partial charge in [-0.05, 0) is 43.6 Å². The third-order valence-electron chi connectivity index (χ3n) is 2.01. The molecule has 1 unspecified atom stereocenters. The minimum Gasteiger partial charge on any atom is -0.393 e. The maximum absolute atomic E-state index is 9.41. The third-order valence-corrected chi connectivity index (χ3v) is 2.71. The van der Waals surface area contributed by atoms with E-state index in [0.29, 0.717) is 5.92 Å². The fourth-order valence-electron chi connectivity index (χ4n) is 1.15. The molecule has 1 aliphatic rings. The van der Waals surface area contributed by atoms with Crippen molar-refractivity contribution in [1.29, 1.82) is 0 Å². The van der Waals surface area contributed by atoms with Crippen LogP contribution in [0.2, 0.25) is 0 Å². The second-order valence-electron chi connectivity index (χ2n) is 3.04. The molecule has 0 aliphatic heterocycles. The van der Waals surface area contributed by atoms with Gasteiger partial charge in [0.2, 0.25) is 0 Å². The van der Waals surface area contributed by atoms with Gasteiger partial charge in [0, 0.05) is 0 Å². The summed E-state index contributed by atoms with van der Waals surface area (Å²) in [5.74, 6) is 1.87. The minimum absolute atomic E-state index is 0.0205. The quantitative estimate of drug-likeness (QED) is 0.620. The number of aliphatic hydroxyl groups excluding tert-OH is 1. The highest BCUT2D eigenvalue weighted by atomic mass is 32.2. The van der Waals surface area contributed by atoms with Gasteiger partial charge in [-0.1, -0.05) is 0 Å². The molecule has 0 amide bonds. The Hall–Kier alpha value is 0.310. The molecule has 0 aromatic rings. The summed E-state index contributed by atoms with van der Waals surface area (Å²) in [7, 11) is 0. The first-order valence-electron chi connectivity index (χ1n) is 4.01. The van der Waals surface area contributed by atoms with Gasteiger partial charge >= 0.3 is 0 Å². The molecular formula is C8H16OS. The largest absolute Gasteiger partial charge is 0.393 e. The topological polar surface area (TPSA) is 20.2 Å². The van der Waals surface area contributed by atoms with E-state index in [1.54, 1.807) is 0 Å². The van der Waals surface area contributed by atoms with Crippen molar-refractivity contribution in [2.24, 2.45) is 5.92 Å². The van der Waals surface area contributed by atoms with E-state index in [1.807, 2.05) is 11.8 Å². The Kier molecular flexibility index (Phi) is 3.57. The predicted molar refractivity (Wildman–Crippen MR) is 46.3 cm³/mol. The molecule has 0 heterocycles. The fraction of sp³-hybridized carbons (Fsp3) is 1.00. The van der Waals surface area contributed by atoms with Crippen molar-refractivity contribution < 1.29 is 5.11 Å². The van der Waals surface area contributed by atoms with Crippen molar-refractivity contribution in [3.8, 4) is 0 Å². The van der Waals surface area contributed by atoms with Crippen LogP contribution in [0.15, 0.2) is 0 Å². The maximum atomic E-state index is 9.41. The van der Waals surface area contributed by atoms with E-state index in [0.717, 1.165) is 6.42 Å². The molecule has 0 aromatic carbocycles. The molecular weight excluding hydrogens is 144 g/mol. The van der Waals surface area contributed by atoms with Gasteiger partial charge in [0.25, 0.3) is 0 Å². The smallest absolute Gasteiger partial charge is 0.0568 e. The van der Waals surface area contributed by atoms with Crippen molar-refractivity contribution in [3.05, 3.63) is 0 Å². The SMILES string of the molecule is CSCCCC(O)C1CC1. The van der Waals surface area contributed by atoms with E-state index in [1.165, 1.54) is 25.0 Å². The van der Waals surface area contributed by atoms with Gasteiger partial charge < -0.3 is 5.11 Å². The Morgan fingerprint density at radius 3 is 2.80 bits per heavy atom. The van der Waals surface area contributed by atoms with Crippen LogP contribution in [0, 0.1) is 5.92 Å². The molecule has 0 spiro atoms. The molecule has 1 nitrogen and oxygen atoms in total. The molecule has 2 heteroatoms. The lowest BCUT2D eigenvalue weighted by molar-refractivity contribution is 0.141. The first-order chi connectivity index (χ1) is 4.84. The third kappa shape index (κ3) is 2.93. The Morgan fingerprint density at radius 2 is 2.30 bits per heavy atom. The molecule has 1 fully saturated rings. The van der Waals surface area contributed by atoms with Crippen LogP contribution in [0.1, 0.15) is 25.7 Å². The minimum atomic E-state index is 0.0205. The predicted octanol–water partition coefficient (Wildman–Crippen LogP) is 1.90. The highest BCUT2D eigenvalue weighted by Crippen LogP contribution is 2.34. The highest BCUT2D eigenvalue weighted by molar-refractivity contribution is 7.98.